The Morgan fingerprint density at radius 3 is 2.82 bits per heavy atom. The van der Waals surface area contributed by atoms with Gasteiger partial charge in [0.05, 0.1) is 11.4 Å². The normalized spacial score (nSPS) is 16.2. The van der Waals surface area contributed by atoms with Crippen LogP contribution in [0.3, 0.4) is 0 Å². The van der Waals surface area contributed by atoms with Crippen LogP contribution >= 0.6 is 27.3 Å². The van der Waals surface area contributed by atoms with Gasteiger partial charge in [0.2, 0.25) is 0 Å². The zero-order valence-electron chi connectivity index (χ0n) is 10.1. The summed E-state index contributed by atoms with van der Waals surface area (Å²) >= 11 is 4.95. The quantitative estimate of drug-likeness (QED) is 0.744. The topological polar surface area (TPSA) is 20.3 Å². The molecular weight excluding hydrogens is 298 g/mol. The zero-order valence-corrected chi connectivity index (χ0v) is 12.5. The molecule has 1 aromatic rings. The van der Waals surface area contributed by atoms with Gasteiger partial charge in [0.1, 0.15) is 0 Å². The molecule has 17 heavy (non-hydrogen) atoms. The summed E-state index contributed by atoms with van der Waals surface area (Å²) in [6.07, 6.45) is 4.05. The molecule has 94 valence electrons. The molecule has 1 saturated carbocycles. The Kier molecular flexibility index (Phi) is 4.77. The molecule has 0 aliphatic heterocycles. The second kappa shape index (κ2) is 6.12. The number of rotatable bonds is 6. The van der Waals surface area contributed by atoms with Gasteiger partial charge in [-0.25, -0.2) is 0 Å². The highest BCUT2D eigenvalue weighted by Crippen LogP contribution is 2.27. The smallest absolute Gasteiger partial charge is 0.187 e. The van der Waals surface area contributed by atoms with E-state index in [9.17, 15) is 4.79 Å². The number of Topliss-reactive ketones (excluding diaryl/α,β-unsaturated/α-hetero) is 1. The van der Waals surface area contributed by atoms with Gasteiger partial charge in [-0.3, -0.25) is 9.69 Å². The molecule has 2 nitrogen and oxygen atoms in total. The molecular formula is C13H18BrNOS. The molecule has 1 aliphatic carbocycles. The average Bonchev–Trinajstić information content (AvgIpc) is 2.67. The van der Waals surface area contributed by atoms with Gasteiger partial charge >= 0.3 is 0 Å². The molecule has 0 radical (unpaired) electrons. The van der Waals surface area contributed by atoms with Gasteiger partial charge in [0.25, 0.3) is 0 Å². The SMILES string of the molecule is CCN(CC(=O)c1sccc1Br)CC1CCC1. The van der Waals surface area contributed by atoms with Crippen molar-refractivity contribution >= 4 is 33.0 Å². The van der Waals surface area contributed by atoms with E-state index in [0.29, 0.717) is 6.54 Å². The van der Waals surface area contributed by atoms with Gasteiger partial charge in [-0.05, 0) is 52.7 Å². The van der Waals surface area contributed by atoms with Crippen LogP contribution in [0.4, 0.5) is 0 Å². The van der Waals surface area contributed by atoms with E-state index in [4.69, 9.17) is 0 Å². The van der Waals surface area contributed by atoms with Crippen molar-refractivity contribution in [1.82, 2.24) is 4.90 Å². The number of hydrogen-bond donors (Lipinski definition) is 0. The van der Waals surface area contributed by atoms with Crippen molar-refractivity contribution in [2.75, 3.05) is 19.6 Å². The lowest BCUT2D eigenvalue weighted by Crippen LogP contribution is -2.36. The van der Waals surface area contributed by atoms with Crippen molar-refractivity contribution in [3.05, 3.63) is 20.8 Å². The van der Waals surface area contributed by atoms with Gasteiger partial charge in [-0.2, -0.15) is 0 Å². The van der Waals surface area contributed by atoms with Crippen LogP contribution in [0, 0.1) is 5.92 Å². The van der Waals surface area contributed by atoms with Crippen LogP contribution < -0.4 is 0 Å². The summed E-state index contributed by atoms with van der Waals surface area (Å²) in [4.78, 5) is 15.3. The zero-order chi connectivity index (χ0) is 12.3. The van der Waals surface area contributed by atoms with E-state index in [1.54, 1.807) is 0 Å². The van der Waals surface area contributed by atoms with Crippen molar-refractivity contribution < 1.29 is 4.79 Å². The Bertz CT molecular complexity index is 387. The molecule has 0 aromatic carbocycles. The summed E-state index contributed by atoms with van der Waals surface area (Å²) in [6, 6.07) is 1.94. The first-order valence-corrected chi connectivity index (χ1v) is 7.86. The summed E-state index contributed by atoms with van der Waals surface area (Å²) in [6.45, 7) is 4.75. The van der Waals surface area contributed by atoms with E-state index >= 15 is 0 Å². The lowest BCUT2D eigenvalue weighted by Gasteiger charge is -2.31. The maximum atomic E-state index is 12.1. The van der Waals surface area contributed by atoms with Crippen LogP contribution in [0.25, 0.3) is 0 Å². The molecule has 0 bridgehead atoms. The molecule has 1 aliphatic rings. The highest BCUT2D eigenvalue weighted by atomic mass is 79.9. The Hall–Kier alpha value is -0.190. The molecule has 0 atom stereocenters. The predicted molar refractivity (Wildman–Crippen MR) is 75.8 cm³/mol. The molecule has 1 fully saturated rings. The van der Waals surface area contributed by atoms with Gasteiger partial charge in [0, 0.05) is 11.0 Å². The molecule has 0 unspecified atom stereocenters. The molecule has 1 heterocycles. The minimum Gasteiger partial charge on any atom is -0.296 e. The van der Waals surface area contributed by atoms with Crippen molar-refractivity contribution in [2.45, 2.75) is 26.2 Å². The van der Waals surface area contributed by atoms with Gasteiger partial charge in [0.15, 0.2) is 5.78 Å². The second-order valence-electron chi connectivity index (χ2n) is 4.65. The van der Waals surface area contributed by atoms with E-state index in [1.165, 1.54) is 30.6 Å². The van der Waals surface area contributed by atoms with Gasteiger partial charge in [-0.1, -0.05) is 13.3 Å². The third-order valence-electron chi connectivity index (χ3n) is 3.43. The third-order valence-corrected chi connectivity index (χ3v) is 5.30. The molecule has 0 saturated heterocycles. The fraction of sp³-hybridized carbons (Fsp3) is 0.615. The second-order valence-corrected chi connectivity index (χ2v) is 6.42. The van der Waals surface area contributed by atoms with E-state index in [2.05, 4.69) is 27.8 Å². The molecule has 0 N–H and O–H groups in total. The number of hydrogen-bond acceptors (Lipinski definition) is 3. The van der Waals surface area contributed by atoms with Crippen molar-refractivity contribution in [3.8, 4) is 0 Å². The fourth-order valence-electron chi connectivity index (χ4n) is 2.11. The van der Waals surface area contributed by atoms with Crippen molar-refractivity contribution in [3.63, 3.8) is 0 Å². The Morgan fingerprint density at radius 1 is 1.59 bits per heavy atom. The maximum absolute atomic E-state index is 12.1. The van der Waals surface area contributed by atoms with Gasteiger partial charge < -0.3 is 0 Å². The highest BCUT2D eigenvalue weighted by Gasteiger charge is 2.22. The maximum Gasteiger partial charge on any atom is 0.187 e. The first kappa shape index (κ1) is 13.2. The van der Waals surface area contributed by atoms with Gasteiger partial charge in [-0.15, -0.1) is 11.3 Å². The highest BCUT2D eigenvalue weighted by molar-refractivity contribution is 9.10. The Balaban J connectivity index is 1.89. The van der Waals surface area contributed by atoms with Crippen LogP contribution in [0.2, 0.25) is 0 Å². The number of likely N-dealkylation sites (N-methyl/N-ethyl adjacent to an activating group) is 1. The standard InChI is InChI=1S/C13H18BrNOS/c1-2-15(8-10-4-3-5-10)9-12(16)13-11(14)6-7-17-13/h6-7,10H,2-5,8-9H2,1H3. The lowest BCUT2D eigenvalue weighted by molar-refractivity contribution is 0.0908. The van der Waals surface area contributed by atoms with Crippen LogP contribution in [0.1, 0.15) is 35.9 Å². The third kappa shape index (κ3) is 3.39. The van der Waals surface area contributed by atoms with E-state index < -0.39 is 0 Å². The van der Waals surface area contributed by atoms with Crippen LogP contribution in [0.15, 0.2) is 15.9 Å². The van der Waals surface area contributed by atoms with Crippen LogP contribution in [-0.4, -0.2) is 30.3 Å². The van der Waals surface area contributed by atoms with Crippen molar-refractivity contribution in [1.29, 1.82) is 0 Å². The minimum atomic E-state index is 0.244. The summed E-state index contributed by atoms with van der Waals surface area (Å²) in [7, 11) is 0. The molecule has 2 rings (SSSR count). The van der Waals surface area contributed by atoms with E-state index in [1.807, 2.05) is 11.4 Å². The minimum absolute atomic E-state index is 0.244. The van der Waals surface area contributed by atoms with Crippen molar-refractivity contribution in [2.24, 2.45) is 5.92 Å². The predicted octanol–water partition coefficient (Wildman–Crippen LogP) is 3.82. The Morgan fingerprint density at radius 2 is 2.35 bits per heavy atom. The number of thiophene rings is 1. The first-order valence-electron chi connectivity index (χ1n) is 6.19. The molecule has 0 spiro atoms. The summed E-state index contributed by atoms with van der Waals surface area (Å²) in [5.74, 6) is 1.07. The molecule has 4 heteroatoms. The summed E-state index contributed by atoms with van der Waals surface area (Å²) < 4.78 is 0.937. The number of nitrogens with zero attached hydrogens (tertiary/aromatic N) is 1. The first-order chi connectivity index (χ1) is 8.20. The summed E-state index contributed by atoms with van der Waals surface area (Å²) in [5.41, 5.74) is 0. The molecule has 0 amide bonds. The monoisotopic (exact) mass is 315 g/mol. The number of halogens is 1. The van der Waals surface area contributed by atoms with E-state index in [0.717, 1.165) is 28.4 Å². The number of carbonyl (C=O) groups excluding carboxylic acids is 1. The lowest BCUT2D eigenvalue weighted by atomic mass is 9.85. The number of ketones is 1. The van der Waals surface area contributed by atoms with Crippen LogP contribution in [0.5, 0.6) is 0 Å². The Labute approximate surface area is 115 Å². The average molecular weight is 316 g/mol. The number of carbonyl (C=O) groups is 1. The molecule has 1 aromatic heterocycles. The summed E-state index contributed by atoms with van der Waals surface area (Å²) in [5, 5.41) is 1.96. The largest absolute Gasteiger partial charge is 0.296 e. The van der Waals surface area contributed by atoms with Crippen LogP contribution in [-0.2, 0) is 0 Å². The fourth-order valence-corrected chi connectivity index (χ4v) is 3.64. The van der Waals surface area contributed by atoms with E-state index in [-0.39, 0.29) is 5.78 Å².